The number of halogens is 1. The summed E-state index contributed by atoms with van der Waals surface area (Å²) >= 11 is 7.69. The van der Waals surface area contributed by atoms with Crippen LogP contribution >= 0.6 is 23.4 Å². The second kappa shape index (κ2) is 7.12. The van der Waals surface area contributed by atoms with Crippen molar-refractivity contribution < 1.29 is 5.11 Å². The minimum absolute atomic E-state index is 0.135. The van der Waals surface area contributed by atoms with Gasteiger partial charge in [-0.3, -0.25) is 0 Å². The van der Waals surface area contributed by atoms with Gasteiger partial charge in [0.25, 0.3) is 0 Å². The van der Waals surface area contributed by atoms with Gasteiger partial charge in [0.05, 0.1) is 11.6 Å². The van der Waals surface area contributed by atoms with Crippen molar-refractivity contribution in [3.63, 3.8) is 0 Å². The van der Waals surface area contributed by atoms with Crippen LogP contribution in [0, 0.1) is 0 Å². The Morgan fingerprint density at radius 2 is 2.20 bits per heavy atom. The second-order valence-corrected chi connectivity index (χ2v) is 4.65. The number of aliphatic hydroxyl groups is 1. The summed E-state index contributed by atoms with van der Waals surface area (Å²) in [5.74, 6) is 0.827. The summed E-state index contributed by atoms with van der Waals surface area (Å²) in [5.41, 5.74) is 0. The molecule has 1 rings (SSSR count). The molecule has 0 amide bonds. The van der Waals surface area contributed by atoms with E-state index in [1.54, 1.807) is 11.8 Å². The first kappa shape index (κ1) is 12.8. The molecule has 2 N–H and O–H groups in total. The molecule has 1 aromatic carbocycles. The number of nitrogens with one attached hydrogen (secondary N) is 1. The van der Waals surface area contributed by atoms with E-state index in [1.165, 1.54) is 0 Å². The molecule has 2 nitrogen and oxygen atoms in total. The SMILES string of the molecule is CCNC(CO)CSc1ccccc1Cl. The fourth-order valence-electron chi connectivity index (χ4n) is 1.22. The average Bonchev–Trinajstić information content (AvgIpc) is 2.26. The molecule has 0 aromatic heterocycles. The number of aliphatic hydroxyl groups excluding tert-OH is 1. The third kappa shape index (κ3) is 4.43. The van der Waals surface area contributed by atoms with Crippen LogP contribution in [0.1, 0.15) is 6.92 Å². The molecule has 0 spiro atoms. The molecule has 0 saturated heterocycles. The van der Waals surface area contributed by atoms with Crippen molar-refractivity contribution in [1.82, 2.24) is 5.32 Å². The van der Waals surface area contributed by atoms with Gasteiger partial charge in [0.2, 0.25) is 0 Å². The lowest BCUT2D eigenvalue weighted by atomic mass is 10.3. The maximum absolute atomic E-state index is 9.10. The van der Waals surface area contributed by atoms with E-state index >= 15 is 0 Å². The first-order valence-corrected chi connectivity index (χ1v) is 6.35. The van der Waals surface area contributed by atoms with Crippen molar-refractivity contribution in [3.05, 3.63) is 29.3 Å². The van der Waals surface area contributed by atoms with E-state index in [0.29, 0.717) is 0 Å². The molecule has 0 aliphatic carbocycles. The highest BCUT2D eigenvalue weighted by Crippen LogP contribution is 2.26. The molecule has 15 heavy (non-hydrogen) atoms. The van der Waals surface area contributed by atoms with E-state index in [2.05, 4.69) is 5.32 Å². The Kier molecular flexibility index (Phi) is 6.10. The maximum atomic E-state index is 9.10. The molecule has 1 aromatic rings. The number of hydrogen-bond acceptors (Lipinski definition) is 3. The van der Waals surface area contributed by atoms with Gasteiger partial charge in [0, 0.05) is 16.7 Å². The van der Waals surface area contributed by atoms with Crippen LogP contribution in [-0.4, -0.2) is 30.1 Å². The zero-order chi connectivity index (χ0) is 11.1. The zero-order valence-corrected chi connectivity index (χ0v) is 10.3. The Balaban J connectivity index is 2.45. The molecule has 0 fully saturated rings. The Morgan fingerprint density at radius 1 is 1.47 bits per heavy atom. The zero-order valence-electron chi connectivity index (χ0n) is 8.74. The number of benzene rings is 1. The Morgan fingerprint density at radius 3 is 2.80 bits per heavy atom. The lowest BCUT2D eigenvalue weighted by Crippen LogP contribution is -2.34. The highest BCUT2D eigenvalue weighted by Gasteiger charge is 2.07. The highest BCUT2D eigenvalue weighted by molar-refractivity contribution is 7.99. The van der Waals surface area contributed by atoms with Gasteiger partial charge >= 0.3 is 0 Å². The lowest BCUT2D eigenvalue weighted by Gasteiger charge is -2.14. The smallest absolute Gasteiger partial charge is 0.0592 e. The molecule has 1 unspecified atom stereocenters. The summed E-state index contributed by atoms with van der Waals surface area (Å²) in [6.07, 6.45) is 0. The number of hydrogen-bond donors (Lipinski definition) is 2. The molecular weight excluding hydrogens is 230 g/mol. The van der Waals surface area contributed by atoms with Gasteiger partial charge < -0.3 is 10.4 Å². The molecule has 0 aliphatic rings. The molecule has 1 atom stereocenters. The van der Waals surface area contributed by atoms with Gasteiger partial charge in [-0.15, -0.1) is 11.8 Å². The van der Waals surface area contributed by atoms with Crippen molar-refractivity contribution in [2.45, 2.75) is 17.9 Å². The minimum atomic E-state index is 0.135. The summed E-state index contributed by atoms with van der Waals surface area (Å²) in [4.78, 5) is 1.07. The fraction of sp³-hybridized carbons (Fsp3) is 0.455. The number of likely N-dealkylation sites (N-methyl/N-ethyl adjacent to an activating group) is 1. The topological polar surface area (TPSA) is 32.3 Å². The Hall–Kier alpha value is -0.220. The summed E-state index contributed by atoms with van der Waals surface area (Å²) in [6.45, 7) is 3.06. The lowest BCUT2D eigenvalue weighted by molar-refractivity contribution is 0.255. The third-order valence-electron chi connectivity index (χ3n) is 1.99. The summed E-state index contributed by atoms with van der Waals surface area (Å²) in [5, 5.41) is 13.1. The normalized spacial score (nSPS) is 12.7. The predicted molar refractivity (Wildman–Crippen MR) is 66.7 cm³/mol. The monoisotopic (exact) mass is 245 g/mol. The van der Waals surface area contributed by atoms with E-state index in [-0.39, 0.29) is 12.6 Å². The van der Waals surface area contributed by atoms with Crippen molar-refractivity contribution in [2.24, 2.45) is 0 Å². The van der Waals surface area contributed by atoms with Crippen LogP contribution in [-0.2, 0) is 0 Å². The molecule has 84 valence electrons. The summed E-state index contributed by atoms with van der Waals surface area (Å²) in [6, 6.07) is 7.89. The van der Waals surface area contributed by atoms with Crippen molar-refractivity contribution in [2.75, 3.05) is 18.9 Å². The maximum Gasteiger partial charge on any atom is 0.0592 e. The third-order valence-corrected chi connectivity index (χ3v) is 3.67. The van der Waals surface area contributed by atoms with Gasteiger partial charge in [-0.1, -0.05) is 30.7 Å². The van der Waals surface area contributed by atoms with Crippen LogP contribution in [0.5, 0.6) is 0 Å². The second-order valence-electron chi connectivity index (χ2n) is 3.18. The van der Waals surface area contributed by atoms with Crippen LogP contribution in [0.2, 0.25) is 5.02 Å². The fourth-order valence-corrected chi connectivity index (χ4v) is 2.50. The van der Waals surface area contributed by atoms with Crippen molar-refractivity contribution in [1.29, 1.82) is 0 Å². The number of rotatable bonds is 6. The summed E-state index contributed by atoms with van der Waals surface area (Å²) in [7, 11) is 0. The van der Waals surface area contributed by atoms with Crippen LogP contribution in [0.3, 0.4) is 0 Å². The van der Waals surface area contributed by atoms with Crippen LogP contribution in [0.4, 0.5) is 0 Å². The molecule has 0 saturated carbocycles. The molecule has 0 heterocycles. The minimum Gasteiger partial charge on any atom is -0.395 e. The van der Waals surface area contributed by atoms with E-state index in [9.17, 15) is 0 Å². The molecule has 0 aliphatic heterocycles. The quantitative estimate of drug-likeness (QED) is 0.755. The first-order valence-electron chi connectivity index (χ1n) is 4.99. The standard InChI is InChI=1S/C11H16ClNOS/c1-2-13-9(7-14)8-15-11-6-4-3-5-10(11)12/h3-6,9,13-14H,2,7-8H2,1H3. The van der Waals surface area contributed by atoms with E-state index in [1.807, 2.05) is 31.2 Å². The predicted octanol–water partition coefficient (Wildman–Crippen LogP) is 2.40. The first-order chi connectivity index (χ1) is 7.27. The van der Waals surface area contributed by atoms with Gasteiger partial charge in [-0.05, 0) is 18.7 Å². The van der Waals surface area contributed by atoms with Gasteiger partial charge in [-0.25, -0.2) is 0 Å². The number of thioether (sulfide) groups is 1. The Bertz CT molecular complexity index is 296. The molecular formula is C11H16ClNOS. The van der Waals surface area contributed by atoms with Gasteiger partial charge in [-0.2, -0.15) is 0 Å². The van der Waals surface area contributed by atoms with Crippen molar-refractivity contribution in [3.8, 4) is 0 Å². The van der Waals surface area contributed by atoms with Crippen molar-refractivity contribution >= 4 is 23.4 Å². The Labute approximate surface area is 100 Å². The van der Waals surface area contributed by atoms with E-state index in [4.69, 9.17) is 16.7 Å². The van der Waals surface area contributed by atoms with Crippen LogP contribution < -0.4 is 5.32 Å². The molecule has 0 radical (unpaired) electrons. The molecule has 0 bridgehead atoms. The largest absolute Gasteiger partial charge is 0.395 e. The van der Waals surface area contributed by atoms with Gasteiger partial charge in [0.15, 0.2) is 0 Å². The highest BCUT2D eigenvalue weighted by atomic mass is 35.5. The van der Waals surface area contributed by atoms with Crippen LogP contribution in [0.25, 0.3) is 0 Å². The average molecular weight is 246 g/mol. The van der Waals surface area contributed by atoms with Crippen LogP contribution in [0.15, 0.2) is 29.2 Å². The van der Waals surface area contributed by atoms with Gasteiger partial charge in [0.1, 0.15) is 0 Å². The van der Waals surface area contributed by atoms with E-state index in [0.717, 1.165) is 22.2 Å². The van der Waals surface area contributed by atoms with E-state index < -0.39 is 0 Å². The summed E-state index contributed by atoms with van der Waals surface area (Å²) < 4.78 is 0. The molecule has 4 heteroatoms.